The fourth-order valence-corrected chi connectivity index (χ4v) is 8.01. The Labute approximate surface area is 221 Å². The molecule has 1 aliphatic carbocycles. The number of sulfonamides is 1. The van der Waals surface area contributed by atoms with E-state index in [9.17, 15) is 13.2 Å². The fraction of sp³-hybridized carbons (Fsp3) is 0.370. The lowest BCUT2D eigenvalue weighted by Crippen LogP contribution is -2.42. The Hall–Kier alpha value is -2.39. The number of benzene rings is 2. The number of nitrogens with zero attached hydrogens (tertiary/aromatic N) is 1. The van der Waals surface area contributed by atoms with E-state index in [1.807, 2.05) is 0 Å². The van der Waals surface area contributed by atoms with Gasteiger partial charge in [-0.05, 0) is 92.1 Å². The Bertz CT molecular complexity index is 1330. The van der Waals surface area contributed by atoms with Gasteiger partial charge in [0.2, 0.25) is 0 Å². The predicted octanol–water partition coefficient (Wildman–Crippen LogP) is 5.48. The van der Waals surface area contributed by atoms with Gasteiger partial charge in [0.25, 0.3) is 15.9 Å². The van der Waals surface area contributed by atoms with E-state index in [0.29, 0.717) is 27.9 Å². The van der Waals surface area contributed by atoms with Crippen molar-refractivity contribution in [2.45, 2.75) is 55.3 Å². The van der Waals surface area contributed by atoms with Crippen LogP contribution in [0.2, 0.25) is 5.02 Å². The number of hydrogen-bond acceptors (Lipinski definition) is 5. The molecule has 3 aromatic rings. The van der Waals surface area contributed by atoms with Gasteiger partial charge in [0, 0.05) is 40.3 Å². The number of aryl methyl sites for hydroxylation is 1. The summed E-state index contributed by atoms with van der Waals surface area (Å²) in [5.74, 6) is -0.223. The standard InChI is InChI=1S/C27H30ClN3O3S2/c28-21-10-8-20(9-11-21)27(32)29-18-23-12-13-26(35-23)36(33,34)31-16-14-22(15-17-31)30-25-7-3-5-19-4-1-2-6-24(19)25/h3,5,7-13,22,30H,1-2,4,6,14-18H2,(H,29,32). The number of nitrogens with one attached hydrogen (secondary N) is 2. The molecule has 2 N–H and O–H groups in total. The Kier molecular flexibility index (Phi) is 7.67. The summed E-state index contributed by atoms with van der Waals surface area (Å²) in [4.78, 5) is 13.1. The molecule has 6 nitrogen and oxygen atoms in total. The van der Waals surface area contributed by atoms with Crippen molar-refractivity contribution in [3.8, 4) is 0 Å². The van der Waals surface area contributed by atoms with Crippen molar-refractivity contribution in [1.82, 2.24) is 9.62 Å². The topological polar surface area (TPSA) is 78.5 Å². The van der Waals surface area contributed by atoms with Gasteiger partial charge in [0.05, 0.1) is 6.54 Å². The lowest BCUT2D eigenvalue weighted by atomic mass is 9.90. The molecule has 1 saturated heterocycles. The van der Waals surface area contributed by atoms with Crippen molar-refractivity contribution in [1.29, 1.82) is 0 Å². The number of amides is 1. The molecule has 5 rings (SSSR count). The van der Waals surface area contributed by atoms with Crippen molar-refractivity contribution in [3.63, 3.8) is 0 Å². The van der Waals surface area contributed by atoms with Crippen LogP contribution in [0.1, 0.15) is 52.0 Å². The van der Waals surface area contributed by atoms with E-state index in [1.165, 1.54) is 41.0 Å². The van der Waals surface area contributed by atoms with Crippen LogP contribution in [0.5, 0.6) is 0 Å². The normalized spacial score (nSPS) is 16.9. The zero-order valence-electron chi connectivity index (χ0n) is 20.0. The molecule has 190 valence electrons. The summed E-state index contributed by atoms with van der Waals surface area (Å²) in [6.07, 6.45) is 6.31. The highest BCUT2D eigenvalue weighted by atomic mass is 35.5. The first kappa shape index (κ1) is 25.3. The van der Waals surface area contributed by atoms with Crippen molar-refractivity contribution in [2.24, 2.45) is 0 Å². The lowest BCUT2D eigenvalue weighted by Gasteiger charge is -2.32. The second-order valence-corrected chi connectivity index (χ2v) is 13.2. The van der Waals surface area contributed by atoms with Gasteiger partial charge in [-0.15, -0.1) is 11.3 Å². The van der Waals surface area contributed by atoms with Gasteiger partial charge in [-0.25, -0.2) is 8.42 Å². The predicted molar refractivity (Wildman–Crippen MR) is 145 cm³/mol. The number of thiophene rings is 1. The molecule has 1 aromatic heterocycles. The molecule has 36 heavy (non-hydrogen) atoms. The molecule has 2 aliphatic rings. The molecule has 0 unspecified atom stereocenters. The average Bonchev–Trinajstić information content (AvgIpc) is 3.38. The van der Waals surface area contributed by atoms with Gasteiger partial charge in [-0.2, -0.15) is 4.31 Å². The third-order valence-electron chi connectivity index (χ3n) is 6.97. The van der Waals surface area contributed by atoms with E-state index in [-0.39, 0.29) is 18.5 Å². The maximum atomic E-state index is 13.3. The van der Waals surface area contributed by atoms with Crippen LogP contribution in [0, 0.1) is 0 Å². The van der Waals surface area contributed by atoms with Crippen molar-refractivity contribution in [3.05, 3.63) is 81.2 Å². The zero-order chi connectivity index (χ0) is 25.1. The molecule has 9 heteroatoms. The second-order valence-electron chi connectivity index (χ2n) is 9.38. The molecular weight excluding hydrogens is 514 g/mol. The third-order valence-corrected chi connectivity index (χ3v) is 10.7. The summed E-state index contributed by atoms with van der Waals surface area (Å²) >= 11 is 7.09. The van der Waals surface area contributed by atoms with Gasteiger partial charge in [-0.1, -0.05) is 23.7 Å². The number of fused-ring (bicyclic) bond motifs is 1. The van der Waals surface area contributed by atoms with Crippen LogP contribution < -0.4 is 10.6 Å². The maximum absolute atomic E-state index is 13.3. The van der Waals surface area contributed by atoms with E-state index in [4.69, 9.17) is 11.6 Å². The maximum Gasteiger partial charge on any atom is 0.252 e. The largest absolute Gasteiger partial charge is 0.382 e. The Balaban J connectivity index is 1.16. The quantitative estimate of drug-likeness (QED) is 0.414. The summed E-state index contributed by atoms with van der Waals surface area (Å²) < 4.78 is 28.4. The molecule has 0 spiro atoms. The van der Waals surface area contributed by atoms with Crippen LogP contribution in [0.3, 0.4) is 0 Å². The van der Waals surface area contributed by atoms with Crippen LogP contribution in [0.15, 0.2) is 58.8 Å². The minimum atomic E-state index is -3.55. The van der Waals surface area contributed by atoms with Crippen LogP contribution in [-0.2, 0) is 29.4 Å². The van der Waals surface area contributed by atoms with Gasteiger partial charge in [0.15, 0.2) is 0 Å². The molecule has 0 saturated carbocycles. The Morgan fingerprint density at radius 2 is 1.75 bits per heavy atom. The summed E-state index contributed by atoms with van der Waals surface area (Å²) in [5, 5.41) is 7.11. The number of carbonyl (C=O) groups excluding carboxylic acids is 1. The highest BCUT2D eigenvalue weighted by Crippen LogP contribution is 2.31. The molecule has 1 fully saturated rings. The summed E-state index contributed by atoms with van der Waals surface area (Å²) in [5.41, 5.74) is 4.62. The number of piperidine rings is 1. The first-order valence-corrected chi connectivity index (χ1v) is 15.0. The van der Waals surface area contributed by atoms with Crippen molar-refractivity contribution >= 4 is 44.6 Å². The highest BCUT2D eigenvalue weighted by molar-refractivity contribution is 7.91. The second kappa shape index (κ2) is 10.9. The molecular formula is C27H30ClN3O3S2. The first-order valence-electron chi connectivity index (χ1n) is 12.4. The van der Waals surface area contributed by atoms with Crippen LogP contribution >= 0.6 is 22.9 Å². The average molecular weight is 544 g/mol. The molecule has 2 aromatic carbocycles. The molecule has 0 atom stereocenters. The number of rotatable bonds is 7. The number of halogens is 1. The Morgan fingerprint density at radius 1 is 1.00 bits per heavy atom. The first-order chi connectivity index (χ1) is 17.4. The SMILES string of the molecule is O=C(NCc1ccc(S(=O)(=O)N2CCC(Nc3cccc4c3CCCC4)CC2)s1)c1ccc(Cl)cc1. The number of anilines is 1. The van der Waals surface area contributed by atoms with Crippen LogP contribution in [0.25, 0.3) is 0 Å². The summed E-state index contributed by atoms with van der Waals surface area (Å²) in [7, 11) is -3.55. The lowest BCUT2D eigenvalue weighted by molar-refractivity contribution is 0.0951. The fourth-order valence-electron chi connectivity index (χ4n) is 4.97. The van der Waals surface area contributed by atoms with E-state index in [1.54, 1.807) is 40.7 Å². The van der Waals surface area contributed by atoms with E-state index < -0.39 is 10.0 Å². The van der Waals surface area contributed by atoms with Gasteiger partial charge in [-0.3, -0.25) is 4.79 Å². The van der Waals surface area contributed by atoms with Crippen molar-refractivity contribution in [2.75, 3.05) is 18.4 Å². The van der Waals surface area contributed by atoms with Crippen molar-refractivity contribution < 1.29 is 13.2 Å². The smallest absolute Gasteiger partial charge is 0.252 e. The minimum Gasteiger partial charge on any atom is -0.382 e. The molecule has 0 radical (unpaired) electrons. The third kappa shape index (κ3) is 5.62. The minimum absolute atomic E-state index is 0.223. The van der Waals surface area contributed by atoms with Gasteiger partial charge < -0.3 is 10.6 Å². The summed E-state index contributed by atoms with van der Waals surface area (Å²) in [6, 6.07) is 16.8. The molecule has 1 aliphatic heterocycles. The molecule has 0 bridgehead atoms. The number of hydrogen-bond donors (Lipinski definition) is 2. The van der Waals surface area contributed by atoms with Crippen LogP contribution in [-0.4, -0.2) is 37.8 Å². The van der Waals surface area contributed by atoms with Gasteiger partial charge in [0.1, 0.15) is 4.21 Å². The molecule has 2 heterocycles. The van der Waals surface area contributed by atoms with E-state index in [0.717, 1.165) is 30.6 Å². The van der Waals surface area contributed by atoms with E-state index >= 15 is 0 Å². The monoisotopic (exact) mass is 543 g/mol. The molecule has 1 amide bonds. The van der Waals surface area contributed by atoms with Gasteiger partial charge >= 0.3 is 0 Å². The van der Waals surface area contributed by atoms with Crippen LogP contribution in [0.4, 0.5) is 5.69 Å². The zero-order valence-corrected chi connectivity index (χ0v) is 22.4. The Morgan fingerprint density at radius 3 is 2.53 bits per heavy atom. The summed E-state index contributed by atoms with van der Waals surface area (Å²) in [6.45, 7) is 1.26. The van der Waals surface area contributed by atoms with E-state index in [2.05, 4.69) is 28.8 Å². The number of carbonyl (C=O) groups is 1. The highest BCUT2D eigenvalue weighted by Gasteiger charge is 2.31.